The average Bonchev–Trinajstić information content (AvgIpc) is 2.95. The van der Waals surface area contributed by atoms with E-state index in [0.29, 0.717) is 5.56 Å². The summed E-state index contributed by atoms with van der Waals surface area (Å²) in [7, 11) is 1.40. The first-order valence-corrected chi connectivity index (χ1v) is 6.45. The monoisotopic (exact) mass is 259 g/mol. The summed E-state index contributed by atoms with van der Waals surface area (Å²) >= 11 is 0. The summed E-state index contributed by atoms with van der Waals surface area (Å²) in [6.45, 7) is 3.95. The Balaban J connectivity index is 2.07. The number of ether oxygens (including phenoxy) is 1. The number of H-pyrrole nitrogens is 1. The van der Waals surface area contributed by atoms with Gasteiger partial charge in [0.1, 0.15) is 0 Å². The second kappa shape index (κ2) is 4.93. The molecule has 1 aliphatic rings. The standard InChI is InChI=1S/C14H17N3O2/c1-19-14(18)11-2-3-12(10-4-5-16-13(10)11)17-8-6-15-7-9-17/h2-5,15-16H,6-9H2,1H3. The van der Waals surface area contributed by atoms with Gasteiger partial charge in [0, 0.05) is 43.4 Å². The molecule has 2 aromatic rings. The first-order chi connectivity index (χ1) is 9.31. The number of rotatable bonds is 2. The highest BCUT2D eigenvalue weighted by atomic mass is 16.5. The molecule has 0 saturated carbocycles. The van der Waals surface area contributed by atoms with Crippen LogP contribution in [0.5, 0.6) is 0 Å². The third kappa shape index (κ3) is 2.06. The molecule has 1 aromatic carbocycles. The summed E-state index contributed by atoms with van der Waals surface area (Å²) in [6, 6.07) is 5.86. The first kappa shape index (κ1) is 12.0. The number of aromatic nitrogens is 1. The fourth-order valence-electron chi connectivity index (χ4n) is 2.60. The number of carbonyl (C=O) groups excluding carboxylic acids is 1. The maximum Gasteiger partial charge on any atom is 0.339 e. The van der Waals surface area contributed by atoms with Crippen molar-refractivity contribution in [3.8, 4) is 0 Å². The van der Waals surface area contributed by atoms with E-state index in [1.807, 2.05) is 24.4 Å². The number of aromatic amines is 1. The Hall–Kier alpha value is -2.01. The van der Waals surface area contributed by atoms with Crippen LogP contribution in [0.4, 0.5) is 5.69 Å². The molecule has 0 spiro atoms. The van der Waals surface area contributed by atoms with E-state index >= 15 is 0 Å². The number of esters is 1. The molecule has 0 radical (unpaired) electrons. The number of methoxy groups -OCH3 is 1. The Kier molecular flexibility index (Phi) is 3.13. The summed E-state index contributed by atoms with van der Waals surface area (Å²) in [5, 5.41) is 4.42. The van der Waals surface area contributed by atoms with Crippen molar-refractivity contribution in [1.29, 1.82) is 0 Å². The molecule has 5 nitrogen and oxygen atoms in total. The topological polar surface area (TPSA) is 57.4 Å². The van der Waals surface area contributed by atoms with Crippen LogP contribution in [0.1, 0.15) is 10.4 Å². The normalized spacial score (nSPS) is 15.7. The van der Waals surface area contributed by atoms with E-state index in [1.165, 1.54) is 12.8 Å². The van der Waals surface area contributed by atoms with Gasteiger partial charge in [-0.2, -0.15) is 0 Å². The number of fused-ring (bicyclic) bond motifs is 1. The van der Waals surface area contributed by atoms with Crippen molar-refractivity contribution in [3.63, 3.8) is 0 Å². The van der Waals surface area contributed by atoms with Crippen LogP contribution in [0.3, 0.4) is 0 Å². The van der Waals surface area contributed by atoms with Gasteiger partial charge in [-0.1, -0.05) is 0 Å². The lowest BCUT2D eigenvalue weighted by Gasteiger charge is -2.30. The molecule has 5 heteroatoms. The van der Waals surface area contributed by atoms with Gasteiger partial charge in [0.15, 0.2) is 0 Å². The molecule has 1 saturated heterocycles. The molecule has 1 fully saturated rings. The van der Waals surface area contributed by atoms with Gasteiger partial charge in [0.2, 0.25) is 0 Å². The van der Waals surface area contributed by atoms with E-state index in [4.69, 9.17) is 4.74 Å². The summed E-state index contributed by atoms with van der Waals surface area (Å²) in [5.74, 6) is -0.306. The van der Waals surface area contributed by atoms with Gasteiger partial charge in [-0.3, -0.25) is 0 Å². The molecule has 3 rings (SSSR count). The highest BCUT2D eigenvalue weighted by molar-refractivity contribution is 6.07. The van der Waals surface area contributed by atoms with Gasteiger partial charge in [0.05, 0.1) is 18.2 Å². The fourth-order valence-corrected chi connectivity index (χ4v) is 2.60. The van der Waals surface area contributed by atoms with Gasteiger partial charge in [-0.25, -0.2) is 4.79 Å². The zero-order chi connectivity index (χ0) is 13.2. The predicted molar refractivity (Wildman–Crippen MR) is 74.7 cm³/mol. The van der Waals surface area contributed by atoms with Gasteiger partial charge in [0.25, 0.3) is 0 Å². The first-order valence-electron chi connectivity index (χ1n) is 6.45. The number of hydrogen-bond donors (Lipinski definition) is 2. The Morgan fingerprint density at radius 1 is 1.26 bits per heavy atom. The number of nitrogens with zero attached hydrogens (tertiary/aromatic N) is 1. The Morgan fingerprint density at radius 2 is 2.05 bits per heavy atom. The lowest BCUT2D eigenvalue weighted by molar-refractivity contribution is 0.0603. The highest BCUT2D eigenvalue weighted by Crippen LogP contribution is 2.29. The average molecular weight is 259 g/mol. The van der Waals surface area contributed by atoms with Crippen LogP contribution in [0.15, 0.2) is 24.4 Å². The zero-order valence-corrected chi connectivity index (χ0v) is 10.9. The van der Waals surface area contributed by atoms with Crippen molar-refractivity contribution in [1.82, 2.24) is 10.3 Å². The molecule has 100 valence electrons. The SMILES string of the molecule is COC(=O)c1ccc(N2CCNCC2)c2cc[nH]c12. The Bertz CT molecular complexity index is 600. The summed E-state index contributed by atoms with van der Waals surface area (Å²) in [5.41, 5.74) is 2.61. The second-order valence-corrected chi connectivity index (χ2v) is 4.63. The fraction of sp³-hybridized carbons (Fsp3) is 0.357. The van der Waals surface area contributed by atoms with Crippen LogP contribution in [-0.2, 0) is 4.74 Å². The number of benzene rings is 1. The smallest absolute Gasteiger partial charge is 0.339 e. The van der Waals surface area contributed by atoms with Crippen molar-refractivity contribution in [2.24, 2.45) is 0 Å². The van der Waals surface area contributed by atoms with Crippen LogP contribution >= 0.6 is 0 Å². The van der Waals surface area contributed by atoms with Gasteiger partial charge in [-0.15, -0.1) is 0 Å². The Labute approximate surface area is 111 Å². The quantitative estimate of drug-likeness (QED) is 0.800. The molecular weight excluding hydrogens is 242 g/mol. The van der Waals surface area contributed by atoms with Crippen LogP contribution in [0.25, 0.3) is 10.9 Å². The van der Waals surface area contributed by atoms with Crippen LogP contribution in [0.2, 0.25) is 0 Å². The third-order valence-corrected chi connectivity index (χ3v) is 3.56. The summed E-state index contributed by atoms with van der Waals surface area (Å²) in [6.07, 6.45) is 1.86. The minimum absolute atomic E-state index is 0.306. The molecule has 1 aliphatic heterocycles. The number of hydrogen-bond acceptors (Lipinski definition) is 4. The van der Waals surface area contributed by atoms with E-state index in [-0.39, 0.29) is 5.97 Å². The second-order valence-electron chi connectivity index (χ2n) is 4.63. The van der Waals surface area contributed by atoms with E-state index in [0.717, 1.165) is 37.1 Å². The zero-order valence-electron chi connectivity index (χ0n) is 10.9. The molecule has 19 heavy (non-hydrogen) atoms. The van der Waals surface area contributed by atoms with Crippen molar-refractivity contribution < 1.29 is 9.53 Å². The van der Waals surface area contributed by atoms with Gasteiger partial charge in [-0.05, 0) is 18.2 Å². The van der Waals surface area contributed by atoms with Gasteiger partial charge >= 0.3 is 5.97 Å². The molecule has 0 amide bonds. The van der Waals surface area contributed by atoms with Crippen molar-refractivity contribution in [3.05, 3.63) is 30.0 Å². The number of piperazine rings is 1. The maximum atomic E-state index is 11.7. The number of nitrogens with one attached hydrogen (secondary N) is 2. The molecule has 0 aliphatic carbocycles. The molecule has 0 atom stereocenters. The highest BCUT2D eigenvalue weighted by Gasteiger charge is 2.18. The number of carbonyl (C=O) groups is 1. The largest absolute Gasteiger partial charge is 0.465 e. The predicted octanol–water partition coefficient (Wildman–Crippen LogP) is 1.36. The van der Waals surface area contributed by atoms with E-state index in [9.17, 15) is 4.79 Å². The van der Waals surface area contributed by atoms with Crippen LogP contribution < -0.4 is 10.2 Å². The van der Waals surface area contributed by atoms with E-state index in [1.54, 1.807) is 0 Å². The van der Waals surface area contributed by atoms with Crippen LogP contribution in [0, 0.1) is 0 Å². The molecule has 2 heterocycles. The van der Waals surface area contributed by atoms with Crippen molar-refractivity contribution in [2.75, 3.05) is 38.2 Å². The van der Waals surface area contributed by atoms with E-state index in [2.05, 4.69) is 15.2 Å². The molecule has 0 unspecified atom stereocenters. The molecule has 0 bridgehead atoms. The molecule has 2 N–H and O–H groups in total. The minimum Gasteiger partial charge on any atom is -0.465 e. The molecule has 1 aromatic heterocycles. The lowest BCUT2D eigenvalue weighted by Crippen LogP contribution is -2.43. The van der Waals surface area contributed by atoms with Crippen molar-refractivity contribution in [2.45, 2.75) is 0 Å². The van der Waals surface area contributed by atoms with Gasteiger partial charge < -0.3 is 19.9 Å². The third-order valence-electron chi connectivity index (χ3n) is 3.56. The lowest BCUT2D eigenvalue weighted by atomic mass is 10.1. The molecular formula is C14H17N3O2. The van der Waals surface area contributed by atoms with Crippen molar-refractivity contribution >= 4 is 22.6 Å². The summed E-state index contributed by atoms with van der Waals surface area (Å²) in [4.78, 5) is 17.2. The Morgan fingerprint density at radius 3 is 2.79 bits per heavy atom. The summed E-state index contributed by atoms with van der Waals surface area (Å²) < 4.78 is 4.82. The number of anilines is 1. The van der Waals surface area contributed by atoms with Crippen LogP contribution in [-0.4, -0.2) is 44.2 Å². The maximum absolute atomic E-state index is 11.7. The van der Waals surface area contributed by atoms with E-state index < -0.39 is 0 Å². The minimum atomic E-state index is -0.306.